The van der Waals surface area contributed by atoms with Gasteiger partial charge in [0.25, 0.3) is 0 Å². The van der Waals surface area contributed by atoms with Crippen molar-refractivity contribution >= 4 is 34.3 Å². The SMILES string of the molecule is CCOP(=S)(OCC)c1cccs1. The summed E-state index contributed by atoms with van der Waals surface area (Å²) in [5, 5.41) is 1.99. The lowest BCUT2D eigenvalue weighted by molar-refractivity contribution is 0.275. The molecule has 0 radical (unpaired) electrons. The van der Waals surface area contributed by atoms with Gasteiger partial charge < -0.3 is 9.05 Å². The first-order valence-corrected chi connectivity index (χ1v) is 7.68. The molecule has 74 valence electrons. The summed E-state index contributed by atoms with van der Waals surface area (Å²) in [4.78, 5) is 0. The fraction of sp³-hybridized carbons (Fsp3) is 0.500. The molecule has 0 N–H and O–H groups in total. The molecule has 5 heteroatoms. The van der Waals surface area contributed by atoms with Gasteiger partial charge in [0.2, 0.25) is 6.49 Å². The molecule has 13 heavy (non-hydrogen) atoms. The summed E-state index contributed by atoms with van der Waals surface area (Å²) in [5.74, 6) is 0. The first kappa shape index (κ1) is 11.3. The second kappa shape index (κ2) is 5.23. The van der Waals surface area contributed by atoms with E-state index in [2.05, 4.69) is 0 Å². The molecule has 1 aromatic rings. The molecule has 0 fully saturated rings. The molecule has 0 aromatic carbocycles. The fourth-order valence-electron chi connectivity index (χ4n) is 0.930. The lowest BCUT2D eigenvalue weighted by Crippen LogP contribution is -2.06. The van der Waals surface area contributed by atoms with Crippen molar-refractivity contribution in [2.75, 3.05) is 13.2 Å². The molecule has 0 unspecified atom stereocenters. The molecular weight excluding hydrogens is 223 g/mol. The Hall–Kier alpha value is 0.270. The van der Waals surface area contributed by atoms with Crippen molar-refractivity contribution in [3.05, 3.63) is 17.5 Å². The lowest BCUT2D eigenvalue weighted by atomic mass is 10.7. The van der Waals surface area contributed by atoms with Crippen molar-refractivity contribution in [3.63, 3.8) is 0 Å². The van der Waals surface area contributed by atoms with Crippen LogP contribution in [0.3, 0.4) is 0 Å². The molecule has 0 atom stereocenters. The van der Waals surface area contributed by atoms with E-state index in [1.54, 1.807) is 11.3 Å². The molecule has 0 aliphatic carbocycles. The van der Waals surface area contributed by atoms with Crippen molar-refractivity contribution in [2.24, 2.45) is 0 Å². The zero-order valence-corrected chi connectivity index (χ0v) is 10.3. The summed E-state index contributed by atoms with van der Waals surface area (Å²) in [7, 11) is 0. The molecule has 0 spiro atoms. The first-order valence-electron chi connectivity index (χ1n) is 4.16. The van der Waals surface area contributed by atoms with E-state index in [0.29, 0.717) is 13.2 Å². The molecule has 1 rings (SSSR count). The van der Waals surface area contributed by atoms with Crippen LogP contribution in [0.25, 0.3) is 0 Å². The van der Waals surface area contributed by atoms with Crippen LogP contribution in [0.1, 0.15) is 13.8 Å². The Morgan fingerprint density at radius 3 is 2.38 bits per heavy atom. The van der Waals surface area contributed by atoms with Gasteiger partial charge in [-0.2, -0.15) is 0 Å². The Kier molecular flexibility index (Phi) is 4.56. The Labute approximate surface area is 88.1 Å². The standard InChI is InChI=1S/C8H13O2PS2/c1-3-9-11(12,10-4-2)8-6-5-7-13-8/h5-7H,3-4H2,1-2H3. The van der Waals surface area contributed by atoms with E-state index in [1.807, 2.05) is 31.4 Å². The number of hydrogen-bond donors (Lipinski definition) is 0. The minimum absolute atomic E-state index is 0.606. The molecule has 0 saturated carbocycles. The topological polar surface area (TPSA) is 18.5 Å². The molecule has 2 nitrogen and oxygen atoms in total. The van der Waals surface area contributed by atoms with E-state index in [1.165, 1.54) is 0 Å². The van der Waals surface area contributed by atoms with E-state index >= 15 is 0 Å². The fourth-order valence-corrected chi connectivity index (χ4v) is 4.88. The second-order valence-corrected chi connectivity index (χ2v) is 6.97. The summed E-state index contributed by atoms with van der Waals surface area (Å²) < 4.78 is 12.1. The molecule has 0 saturated heterocycles. The normalized spacial score (nSPS) is 11.8. The van der Waals surface area contributed by atoms with Crippen LogP contribution in [-0.2, 0) is 20.9 Å². The van der Waals surface area contributed by atoms with Gasteiger partial charge in [0.15, 0.2) is 0 Å². The van der Waals surface area contributed by atoms with Crippen molar-refractivity contribution in [1.82, 2.24) is 0 Å². The average molecular weight is 236 g/mol. The summed E-state index contributed by atoms with van der Waals surface area (Å²) in [6.07, 6.45) is 0. The Bertz CT molecular complexity index is 274. The quantitative estimate of drug-likeness (QED) is 0.732. The van der Waals surface area contributed by atoms with Crippen molar-refractivity contribution in [3.8, 4) is 0 Å². The highest BCUT2D eigenvalue weighted by atomic mass is 32.5. The van der Waals surface area contributed by atoms with Gasteiger partial charge >= 0.3 is 0 Å². The molecule has 0 aliphatic heterocycles. The minimum Gasteiger partial charge on any atom is -0.326 e. The second-order valence-electron chi connectivity index (χ2n) is 2.28. The van der Waals surface area contributed by atoms with Crippen LogP contribution < -0.4 is 4.62 Å². The number of thiophene rings is 1. The largest absolute Gasteiger partial charge is 0.326 e. The van der Waals surface area contributed by atoms with Gasteiger partial charge in [-0.15, -0.1) is 11.3 Å². The van der Waals surface area contributed by atoms with Gasteiger partial charge in [-0.3, -0.25) is 0 Å². The smallest absolute Gasteiger partial charge is 0.229 e. The average Bonchev–Trinajstić information content (AvgIpc) is 2.57. The molecule has 0 aliphatic rings. The van der Waals surface area contributed by atoms with E-state index < -0.39 is 6.49 Å². The number of hydrogen-bond acceptors (Lipinski definition) is 4. The Balaban J connectivity index is 2.85. The predicted octanol–water partition coefficient (Wildman–Crippen LogP) is 2.76. The zero-order chi connectivity index (χ0) is 9.73. The van der Waals surface area contributed by atoms with E-state index in [9.17, 15) is 0 Å². The maximum absolute atomic E-state index is 5.53. The van der Waals surface area contributed by atoms with E-state index in [4.69, 9.17) is 20.9 Å². The van der Waals surface area contributed by atoms with Crippen molar-refractivity contribution in [1.29, 1.82) is 0 Å². The lowest BCUT2D eigenvalue weighted by Gasteiger charge is -2.18. The third-order valence-corrected chi connectivity index (χ3v) is 6.54. The summed E-state index contributed by atoms with van der Waals surface area (Å²) in [6.45, 7) is 2.92. The van der Waals surface area contributed by atoms with Gasteiger partial charge in [-0.05, 0) is 37.1 Å². The molecule has 0 amide bonds. The maximum Gasteiger partial charge on any atom is 0.229 e. The van der Waals surface area contributed by atoms with Crippen LogP contribution in [0.5, 0.6) is 0 Å². The van der Waals surface area contributed by atoms with Gasteiger partial charge in [0.05, 0.1) is 17.8 Å². The predicted molar refractivity (Wildman–Crippen MR) is 61.5 cm³/mol. The molecule has 1 aromatic heterocycles. The summed E-state index contributed by atoms with van der Waals surface area (Å²) in [6, 6.07) is 3.95. The van der Waals surface area contributed by atoms with Gasteiger partial charge in [0.1, 0.15) is 0 Å². The first-order chi connectivity index (χ1) is 6.23. The summed E-state index contributed by atoms with van der Waals surface area (Å²) >= 11 is 7.00. The molecule has 0 bridgehead atoms. The van der Waals surface area contributed by atoms with Crippen LogP contribution in [0.15, 0.2) is 17.5 Å². The minimum atomic E-state index is -2.17. The van der Waals surface area contributed by atoms with Gasteiger partial charge in [-0.25, -0.2) is 0 Å². The van der Waals surface area contributed by atoms with Gasteiger partial charge in [0, 0.05) is 0 Å². The third kappa shape index (κ3) is 2.86. The van der Waals surface area contributed by atoms with Crippen LogP contribution >= 0.6 is 17.8 Å². The van der Waals surface area contributed by atoms with Crippen LogP contribution in [0, 0.1) is 0 Å². The van der Waals surface area contributed by atoms with E-state index in [0.717, 1.165) is 4.62 Å². The van der Waals surface area contributed by atoms with Crippen LogP contribution in [0.4, 0.5) is 0 Å². The Morgan fingerprint density at radius 2 is 2.00 bits per heavy atom. The highest BCUT2D eigenvalue weighted by Gasteiger charge is 2.21. The van der Waals surface area contributed by atoms with E-state index in [-0.39, 0.29) is 0 Å². The highest BCUT2D eigenvalue weighted by Crippen LogP contribution is 2.48. The highest BCUT2D eigenvalue weighted by molar-refractivity contribution is 8.15. The zero-order valence-electron chi connectivity index (χ0n) is 7.73. The number of rotatable bonds is 5. The van der Waals surface area contributed by atoms with Gasteiger partial charge in [-0.1, -0.05) is 6.07 Å². The van der Waals surface area contributed by atoms with Crippen molar-refractivity contribution < 1.29 is 9.05 Å². The summed E-state index contributed by atoms with van der Waals surface area (Å²) in [5.41, 5.74) is 0. The molecule has 1 heterocycles. The van der Waals surface area contributed by atoms with Crippen LogP contribution in [-0.4, -0.2) is 13.2 Å². The third-order valence-electron chi connectivity index (χ3n) is 1.37. The maximum atomic E-state index is 5.53. The molecular formula is C8H13O2PS2. The van der Waals surface area contributed by atoms with Crippen LogP contribution in [0.2, 0.25) is 0 Å². The Morgan fingerprint density at radius 1 is 1.38 bits per heavy atom. The van der Waals surface area contributed by atoms with Crippen molar-refractivity contribution in [2.45, 2.75) is 13.8 Å². The monoisotopic (exact) mass is 236 g/mol.